The van der Waals surface area contributed by atoms with Gasteiger partial charge >= 0.3 is 0 Å². The second-order valence-corrected chi connectivity index (χ2v) is 5.81. The molecular formula is C13H22N2O3S. The minimum absolute atomic E-state index is 0.0292. The topological polar surface area (TPSA) is 66.5 Å². The third-order valence-corrected chi connectivity index (χ3v) is 4.30. The van der Waals surface area contributed by atoms with E-state index in [9.17, 15) is 14.4 Å². The molecule has 0 aromatic carbocycles. The summed E-state index contributed by atoms with van der Waals surface area (Å²) in [5.74, 6) is 0.684. The quantitative estimate of drug-likeness (QED) is 0.680. The van der Waals surface area contributed by atoms with E-state index in [1.54, 1.807) is 11.8 Å². The molecule has 0 saturated carbocycles. The van der Waals surface area contributed by atoms with Crippen LogP contribution in [0.15, 0.2) is 0 Å². The maximum absolute atomic E-state index is 12.0. The van der Waals surface area contributed by atoms with Crippen molar-refractivity contribution in [2.24, 2.45) is 0 Å². The van der Waals surface area contributed by atoms with Crippen LogP contribution in [0.2, 0.25) is 0 Å². The van der Waals surface area contributed by atoms with Gasteiger partial charge in [-0.2, -0.15) is 0 Å². The standard InChI is InChI=1S/C13H22N2O3S/c1-3-8-19-10-9-12(17)15(13(10)18)7-5-6-11(16)14-4-2/h10H,3-9H2,1-2H3,(H,14,16). The van der Waals surface area contributed by atoms with E-state index in [4.69, 9.17) is 0 Å². The normalized spacial score (nSPS) is 19.1. The molecule has 0 aromatic rings. The molecule has 1 saturated heterocycles. The smallest absolute Gasteiger partial charge is 0.242 e. The Kier molecular flexibility index (Phi) is 6.91. The molecule has 1 atom stereocenters. The lowest BCUT2D eigenvalue weighted by Crippen LogP contribution is -2.33. The minimum Gasteiger partial charge on any atom is -0.356 e. The molecule has 1 fully saturated rings. The summed E-state index contributed by atoms with van der Waals surface area (Å²) >= 11 is 1.56. The first kappa shape index (κ1) is 16.0. The van der Waals surface area contributed by atoms with Crippen LogP contribution < -0.4 is 5.32 Å². The van der Waals surface area contributed by atoms with Gasteiger partial charge in [-0.1, -0.05) is 6.92 Å². The predicted octanol–water partition coefficient (Wildman–Crippen LogP) is 1.17. The second-order valence-electron chi connectivity index (χ2n) is 4.50. The van der Waals surface area contributed by atoms with Gasteiger partial charge in [0.1, 0.15) is 0 Å². The molecule has 6 heteroatoms. The zero-order chi connectivity index (χ0) is 14.3. The van der Waals surface area contributed by atoms with Gasteiger partial charge in [0.05, 0.1) is 5.25 Å². The number of hydrogen-bond acceptors (Lipinski definition) is 4. The summed E-state index contributed by atoms with van der Waals surface area (Å²) in [4.78, 5) is 36.4. The van der Waals surface area contributed by atoms with Crippen molar-refractivity contribution in [3.63, 3.8) is 0 Å². The van der Waals surface area contributed by atoms with Gasteiger partial charge < -0.3 is 5.32 Å². The highest BCUT2D eigenvalue weighted by atomic mass is 32.2. The molecular weight excluding hydrogens is 264 g/mol. The van der Waals surface area contributed by atoms with Crippen LogP contribution in [-0.4, -0.2) is 46.7 Å². The highest BCUT2D eigenvalue weighted by Crippen LogP contribution is 2.25. The van der Waals surface area contributed by atoms with Gasteiger partial charge in [0.15, 0.2) is 0 Å². The monoisotopic (exact) mass is 286 g/mol. The van der Waals surface area contributed by atoms with Gasteiger partial charge in [-0.15, -0.1) is 11.8 Å². The van der Waals surface area contributed by atoms with Crippen LogP contribution in [-0.2, 0) is 14.4 Å². The Balaban J connectivity index is 2.35. The molecule has 1 unspecified atom stereocenters. The number of nitrogens with zero attached hydrogens (tertiary/aromatic N) is 1. The van der Waals surface area contributed by atoms with Gasteiger partial charge in [0.25, 0.3) is 0 Å². The summed E-state index contributed by atoms with van der Waals surface area (Å²) in [6.45, 7) is 4.88. The number of thioether (sulfide) groups is 1. The number of carbonyl (C=O) groups excluding carboxylic acids is 3. The second kappa shape index (κ2) is 8.19. The minimum atomic E-state index is -0.211. The fourth-order valence-corrected chi connectivity index (χ4v) is 3.01. The summed E-state index contributed by atoms with van der Waals surface area (Å²) < 4.78 is 0. The Morgan fingerprint density at radius 3 is 2.79 bits per heavy atom. The zero-order valence-corrected chi connectivity index (χ0v) is 12.4. The number of hydrogen-bond donors (Lipinski definition) is 1. The highest BCUT2D eigenvalue weighted by Gasteiger charge is 2.38. The van der Waals surface area contributed by atoms with E-state index in [2.05, 4.69) is 12.2 Å². The van der Waals surface area contributed by atoms with Crippen molar-refractivity contribution < 1.29 is 14.4 Å². The fourth-order valence-electron chi connectivity index (χ4n) is 1.96. The van der Waals surface area contributed by atoms with Gasteiger partial charge in [-0.05, 0) is 25.5 Å². The first-order valence-electron chi connectivity index (χ1n) is 6.82. The Labute approximate surface area is 118 Å². The van der Waals surface area contributed by atoms with Crippen LogP contribution in [0.25, 0.3) is 0 Å². The maximum atomic E-state index is 12.0. The lowest BCUT2D eigenvalue weighted by molar-refractivity contribution is -0.138. The number of carbonyl (C=O) groups is 3. The third kappa shape index (κ3) is 4.86. The predicted molar refractivity (Wildman–Crippen MR) is 75.8 cm³/mol. The summed E-state index contributed by atoms with van der Waals surface area (Å²) in [6, 6.07) is 0. The molecule has 0 bridgehead atoms. The lowest BCUT2D eigenvalue weighted by Gasteiger charge is -2.14. The summed E-state index contributed by atoms with van der Waals surface area (Å²) in [7, 11) is 0. The summed E-state index contributed by atoms with van der Waals surface area (Å²) in [5.41, 5.74) is 0. The van der Waals surface area contributed by atoms with Crippen LogP contribution in [0.4, 0.5) is 0 Å². The summed E-state index contributed by atoms with van der Waals surface area (Å²) in [5, 5.41) is 2.49. The maximum Gasteiger partial charge on any atom is 0.242 e. The van der Waals surface area contributed by atoms with Gasteiger partial charge in [-0.25, -0.2) is 0 Å². The van der Waals surface area contributed by atoms with Crippen LogP contribution in [0.3, 0.4) is 0 Å². The average Bonchev–Trinajstić information content (AvgIpc) is 2.64. The Bertz CT molecular complexity index is 347. The highest BCUT2D eigenvalue weighted by molar-refractivity contribution is 8.00. The average molecular weight is 286 g/mol. The third-order valence-electron chi connectivity index (χ3n) is 2.89. The lowest BCUT2D eigenvalue weighted by atomic mass is 10.3. The first-order valence-corrected chi connectivity index (χ1v) is 7.87. The van der Waals surface area contributed by atoms with Gasteiger partial charge in [0, 0.05) is 25.9 Å². The molecule has 19 heavy (non-hydrogen) atoms. The molecule has 1 aliphatic rings. The first-order chi connectivity index (χ1) is 9.10. The largest absolute Gasteiger partial charge is 0.356 e. The van der Waals surface area contributed by atoms with Crippen LogP contribution in [0.1, 0.15) is 39.5 Å². The van der Waals surface area contributed by atoms with Crippen molar-refractivity contribution >= 4 is 29.5 Å². The fraction of sp³-hybridized carbons (Fsp3) is 0.769. The van der Waals surface area contributed by atoms with Crippen molar-refractivity contribution in [1.29, 1.82) is 0 Å². The molecule has 0 aliphatic carbocycles. The molecule has 108 valence electrons. The molecule has 0 spiro atoms. The van der Waals surface area contributed by atoms with Gasteiger partial charge in [-0.3, -0.25) is 19.3 Å². The van der Waals surface area contributed by atoms with Crippen molar-refractivity contribution in [3.8, 4) is 0 Å². The van der Waals surface area contributed by atoms with E-state index >= 15 is 0 Å². The van der Waals surface area contributed by atoms with Crippen LogP contribution >= 0.6 is 11.8 Å². The molecule has 3 amide bonds. The SMILES string of the molecule is CCCSC1CC(=O)N(CCCC(=O)NCC)C1=O. The van der Waals surface area contributed by atoms with E-state index in [0.717, 1.165) is 12.2 Å². The van der Waals surface area contributed by atoms with Crippen molar-refractivity contribution in [1.82, 2.24) is 10.2 Å². The molecule has 5 nitrogen and oxygen atoms in total. The number of amides is 3. The Morgan fingerprint density at radius 2 is 2.16 bits per heavy atom. The number of nitrogens with one attached hydrogen (secondary N) is 1. The van der Waals surface area contributed by atoms with Crippen molar-refractivity contribution in [3.05, 3.63) is 0 Å². The Hall–Kier alpha value is -1.04. The van der Waals surface area contributed by atoms with E-state index in [-0.39, 0.29) is 23.0 Å². The van der Waals surface area contributed by atoms with E-state index < -0.39 is 0 Å². The number of likely N-dealkylation sites (tertiary alicyclic amines) is 1. The molecule has 0 radical (unpaired) electrons. The number of imide groups is 1. The van der Waals surface area contributed by atoms with Crippen LogP contribution in [0.5, 0.6) is 0 Å². The molecule has 1 N–H and O–H groups in total. The molecule has 0 aromatic heterocycles. The van der Waals surface area contributed by atoms with Gasteiger partial charge in [0.2, 0.25) is 17.7 Å². The summed E-state index contributed by atoms with van der Waals surface area (Å²) in [6.07, 6.45) is 2.20. The molecule has 1 heterocycles. The zero-order valence-electron chi connectivity index (χ0n) is 11.6. The molecule has 1 aliphatic heterocycles. The Morgan fingerprint density at radius 1 is 1.42 bits per heavy atom. The number of rotatable bonds is 8. The van der Waals surface area contributed by atoms with Crippen LogP contribution in [0, 0.1) is 0 Å². The van der Waals surface area contributed by atoms with E-state index in [0.29, 0.717) is 32.4 Å². The van der Waals surface area contributed by atoms with Crippen molar-refractivity contribution in [2.75, 3.05) is 18.8 Å². The molecule has 1 rings (SSSR count). The van der Waals surface area contributed by atoms with E-state index in [1.807, 2.05) is 6.92 Å². The van der Waals surface area contributed by atoms with Crippen molar-refractivity contribution in [2.45, 2.75) is 44.8 Å². The van der Waals surface area contributed by atoms with E-state index in [1.165, 1.54) is 4.90 Å².